The number of aromatic nitrogens is 2. The summed E-state index contributed by atoms with van der Waals surface area (Å²) in [5.41, 5.74) is 5.76. The fourth-order valence-corrected chi connectivity index (χ4v) is 4.65. The van der Waals surface area contributed by atoms with E-state index in [0.717, 1.165) is 4.70 Å². The first-order valence-electron chi connectivity index (χ1n) is 9.35. The number of anilines is 1. The van der Waals surface area contributed by atoms with E-state index < -0.39 is 27.8 Å². The molecule has 0 fully saturated rings. The number of nitrogens with one attached hydrogen (secondary N) is 1. The minimum atomic E-state index is -1.68. The Labute approximate surface area is 193 Å². The second kappa shape index (κ2) is 8.47. The third-order valence-electron chi connectivity index (χ3n) is 4.19. The molecule has 0 aliphatic heterocycles. The highest BCUT2D eigenvalue weighted by atomic mass is 32.1. The number of carbonyl (C=O) groups is 2. The van der Waals surface area contributed by atoms with Gasteiger partial charge in [-0.1, -0.05) is 12.1 Å². The van der Waals surface area contributed by atoms with Crippen molar-refractivity contribution in [2.24, 2.45) is 0 Å². The number of esters is 1. The maximum atomic E-state index is 13.0. The number of nitrogen functional groups attached to an aromatic ring is 1. The fraction of sp³-hybridized carbons (Fsp3) is 0.400. The normalized spacial score (nSPS) is 14.4. The van der Waals surface area contributed by atoms with Gasteiger partial charge in [0, 0.05) is 5.38 Å². The number of hydrogen-bond acceptors (Lipinski definition) is 10. The average Bonchev–Trinajstić information content (AvgIpc) is 3.27. The number of hydroxylamine groups is 1. The third kappa shape index (κ3) is 4.90. The number of fused-ring (bicyclic) bond motifs is 1. The van der Waals surface area contributed by atoms with Crippen molar-refractivity contribution in [2.45, 2.75) is 51.4 Å². The molecule has 0 aliphatic rings. The van der Waals surface area contributed by atoms with Gasteiger partial charge in [-0.3, -0.25) is 9.63 Å². The van der Waals surface area contributed by atoms with Crippen LogP contribution < -0.4 is 11.2 Å². The van der Waals surface area contributed by atoms with Crippen LogP contribution in [0.15, 0.2) is 29.6 Å². The molecule has 8 nitrogen and oxygen atoms in total. The molecule has 2 aromatic heterocycles. The number of benzene rings is 1. The Morgan fingerprint density at radius 2 is 1.81 bits per heavy atom. The maximum Gasteiger partial charge on any atom is 0.340 e. The van der Waals surface area contributed by atoms with Crippen molar-refractivity contribution in [2.75, 3.05) is 5.73 Å². The van der Waals surface area contributed by atoms with Crippen LogP contribution in [0.1, 0.15) is 45.3 Å². The van der Waals surface area contributed by atoms with Crippen molar-refractivity contribution in [1.82, 2.24) is 15.4 Å². The zero-order valence-corrected chi connectivity index (χ0v) is 20.3. The minimum absolute atomic E-state index is 0.267. The Morgan fingerprint density at radius 1 is 1.13 bits per heavy atom. The van der Waals surface area contributed by atoms with Crippen molar-refractivity contribution in [3.63, 3.8) is 0 Å². The molecule has 0 aliphatic carbocycles. The number of thiazole rings is 2. The van der Waals surface area contributed by atoms with Crippen LogP contribution in [-0.4, -0.2) is 32.3 Å². The van der Waals surface area contributed by atoms with Gasteiger partial charge < -0.3 is 10.5 Å². The van der Waals surface area contributed by atoms with Crippen molar-refractivity contribution in [3.8, 4) is 0 Å². The summed E-state index contributed by atoms with van der Waals surface area (Å²) in [7, 11) is 0. The molecule has 3 aromatic rings. The highest BCUT2D eigenvalue weighted by Crippen LogP contribution is 2.38. The number of para-hydroxylation sites is 1. The molecule has 31 heavy (non-hydrogen) atoms. The quantitative estimate of drug-likeness (QED) is 0.266. The van der Waals surface area contributed by atoms with Gasteiger partial charge in [-0.25, -0.2) is 14.8 Å². The van der Waals surface area contributed by atoms with Gasteiger partial charge in [0.25, 0.3) is 0 Å². The Kier molecular flexibility index (Phi) is 6.45. The van der Waals surface area contributed by atoms with Crippen LogP contribution in [0.2, 0.25) is 0 Å². The number of nitrogens with two attached hydrogens (primary N) is 1. The molecule has 3 N–H and O–H groups in total. The van der Waals surface area contributed by atoms with Gasteiger partial charge in [-0.15, -0.1) is 35.3 Å². The van der Waals surface area contributed by atoms with Gasteiger partial charge in [0.1, 0.15) is 10.6 Å². The van der Waals surface area contributed by atoms with Crippen LogP contribution in [-0.2, 0) is 24.7 Å². The molecule has 0 bridgehead atoms. The van der Waals surface area contributed by atoms with Gasteiger partial charge in [0.15, 0.2) is 10.7 Å². The molecule has 3 rings (SSSR count). The van der Waals surface area contributed by atoms with Gasteiger partial charge in [0.05, 0.1) is 15.9 Å². The lowest BCUT2D eigenvalue weighted by atomic mass is 9.99. The van der Waals surface area contributed by atoms with Crippen LogP contribution in [0.25, 0.3) is 10.2 Å². The average molecular weight is 481 g/mol. The second-order valence-electron chi connectivity index (χ2n) is 8.33. The monoisotopic (exact) mass is 480 g/mol. The molecule has 1 aromatic carbocycles. The number of hydrogen-bond donors (Lipinski definition) is 3. The van der Waals surface area contributed by atoms with Gasteiger partial charge in [0.2, 0.25) is 10.7 Å². The Bertz CT molecular complexity index is 1090. The van der Waals surface area contributed by atoms with E-state index in [4.69, 9.17) is 15.3 Å². The molecule has 0 unspecified atom stereocenters. The molecular formula is C20H24N4O4S3. The summed E-state index contributed by atoms with van der Waals surface area (Å²) >= 11 is 6.59. The lowest BCUT2D eigenvalue weighted by Crippen LogP contribution is -2.54. The largest absolute Gasteiger partial charge is 0.458 e. The van der Waals surface area contributed by atoms with Crippen LogP contribution in [0, 0.1) is 0 Å². The molecule has 1 atom stereocenters. The molecule has 0 radical (unpaired) electrons. The number of rotatable bonds is 7. The van der Waals surface area contributed by atoms with E-state index in [-0.39, 0.29) is 10.8 Å². The van der Waals surface area contributed by atoms with Crippen molar-refractivity contribution >= 4 is 61.7 Å². The van der Waals surface area contributed by atoms with E-state index in [9.17, 15) is 9.59 Å². The molecule has 0 saturated carbocycles. The third-order valence-corrected chi connectivity index (χ3v) is 6.36. The van der Waals surface area contributed by atoms with Crippen LogP contribution in [0.3, 0.4) is 0 Å². The first-order chi connectivity index (χ1) is 14.3. The first kappa shape index (κ1) is 23.6. The maximum absolute atomic E-state index is 13.0. The van der Waals surface area contributed by atoms with Crippen LogP contribution >= 0.6 is 35.3 Å². The highest BCUT2D eigenvalue weighted by molar-refractivity contribution is 7.96. The summed E-state index contributed by atoms with van der Waals surface area (Å²) in [5.74, 6) is -0.602. The van der Waals surface area contributed by atoms with Gasteiger partial charge >= 0.3 is 5.97 Å². The topological polar surface area (TPSA) is 116 Å². The number of nitrogens with zero attached hydrogens (tertiary/aromatic N) is 2. The Morgan fingerprint density at radius 3 is 2.35 bits per heavy atom. The Hall–Kier alpha value is -2.05. The predicted octanol–water partition coefficient (Wildman–Crippen LogP) is 3.68. The smallest absolute Gasteiger partial charge is 0.340 e. The molecular weight excluding hydrogens is 456 g/mol. The van der Waals surface area contributed by atoms with E-state index in [2.05, 4.69) is 28.1 Å². The first-order valence-corrected chi connectivity index (χ1v) is 11.5. The lowest BCUT2D eigenvalue weighted by Gasteiger charge is -2.33. The van der Waals surface area contributed by atoms with E-state index in [1.54, 1.807) is 26.2 Å². The summed E-state index contributed by atoms with van der Waals surface area (Å²) < 4.78 is 6.31. The molecule has 11 heteroatoms. The predicted molar refractivity (Wildman–Crippen MR) is 125 cm³/mol. The Balaban J connectivity index is 2.06. The van der Waals surface area contributed by atoms with E-state index in [1.807, 2.05) is 24.3 Å². The van der Waals surface area contributed by atoms with E-state index in [0.29, 0.717) is 10.5 Å². The summed E-state index contributed by atoms with van der Waals surface area (Å²) in [6.07, 6.45) is 0. The molecule has 166 valence electrons. The summed E-state index contributed by atoms with van der Waals surface area (Å²) in [4.78, 5) is 40.3. The number of carbonyl (C=O) groups excluding carboxylic acids is 2. The summed E-state index contributed by atoms with van der Waals surface area (Å²) in [6.45, 7) is 8.35. The summed E-state index contributed by atoms with van der Waals surface area (Å²) in [5, 5.41) is 1.64. The molecule has 0 saturated heterocycles. The second-order valence-corrected chi connectivity index (χ2v) is 10.7. The zero-order valence-electron chi connectivity index (χ0n) is 17.8. The SMILES string of the molecule is CC(C)(C)OC(=O)C(C)(C)ON[C@@](C(=O)S)(c1csc(N)n1)c1nc2ccccc2s1. The zero-order chi connectivity index (χ0) is 23.0. The van der Waals surface area contributed by atoms with Gasteiger partial charge in [-0.2, -0.15) is 5.48 Å². The van der Waals surface area contributed by atoms with E-state index in [1.165, 1.54) is 36.5 Å². The van der Waals surface area contributed by atoms with E-state index >= 15 is 0 Å². The van der Waals surface area contributed by atoms with Crippen LogP contribution in [0.4, 0.5) is 5.13 Å². The minimum Gasteiger partial charge on any atom is -0.458 e. The van der Waals surface area contributed by atoms with Crippen LogP contribution in [0.5, 0.6) is 0 Å². The van der Waals surface area contributed by atoms with Gasteiger partial charge in [-0.05, 0) is 46.8 Å². The van der Waals surface area contributed by atoms with Crippen molar-refractivity contribution in [1.29, 1.82) is 0 Å². The fourth-order valence-electron chi connectivity index (χ4n) is 2.59. The lowest BCUT2D eigenvalue weighted by molar-refractivity contribution is -0.194. The number of thiol groups is 1. The molecule has 0 spiro atoms. The molecule has 0 amide bonds. The highest BCUT2D eigenvalue weighted by Gasteiger charge is 2.48. The number of ether oxygens (including phenoxy) is 1. The summed E-state index contributed by atoms with van der Waals surface area (Å²) in [6, 6.07) is 7.46. The van der Waals surface area contributed by atoms with Crippen molar-refractivity contribution in [3.05, 3.63) is 40.3 Å². The van der Waals surface area contributed by atoms with Crippen molar-refractivity contribution < 1.29 is 19.2 Å². The molecule has 2 heterocycles. The standard InChI is InChI=1S/C20H24N4O4S3/c1-18(2,3)27-15(25)19(4,5)28-24-20(16(26)29,13-10-30-17(21)23-13)14-22-11-8-6-7-9-12(11)31-14/h6-10,24H,1-5H3,(H2,21,23)(H,26,29)/t20-/m0/s1.